The van der Waals surface area contributed by atoms with Crippen LogP contribution in [0.4, 0.5) is 0 Å². The average Bonchev–Trinajstić information content (AvgIpc) is 3.14. The number of aryl methyl sites for hydroxylation is 1. The van der Waals surface area contributed by atoms with Crippen molar-refractivity contribution in [3.05, 3.63) is 59.2 Å². The Balaban J connectivity index is 1.52. The van der Waals surface area contributed by atoms with Gasteiger partial charge in [-0.1, -0.05) is 36.4 Å². The molecule has 0 N–H and O–H groups in total. The summed E-state index contributed by atoms with van der Waals surface area (Å²) in [5, 5.41) is 0. The smallest absolute Gasteiger partial charge is 0.159 e. The molecule has 0 amide bonds. The molecule has 3 atom stereocenters. The van der Waals surface area contributed by atoms with Crippen molar-refractivity contribution in [2.45, 2.75) is 38.5 Å². The fourth-order valence-electron chi connectivity index (χ4n) is 6.23. The summed E-state index contributed by atoms with van der Waals surface area (Å²) in [4.78, 5) is 14.3. The van der Waals surface area contributed by atoms with Gasteiger partial charge in [-0.05, 0) is 85.2 Å². The molecule has 134 valence electrons. The van der Waals surface area contributed by atoms with Gasteiger partial charge in [-0.3, -0.25) is 4.79 Å². The van der Waals surface area contributed by atoms with E-state index in [2.05, 4.69) is 36.2 Å². The first-order valence-corrected chi connectivity index (χ1v) is 9.99. The number of benzene rings is 2. The molecular formula is C24H27NO. The molecule has 0 aromatic heterocycles. The van der Waals surface area contributed by atoms with E-state index < -0.39 is 0 Å². The second-order valence-corrected chi connectivity index (χ2v) is 8.81. The lowest BCUT2D eigenvalue weighted by Gasteiger charge is -2.41. The number of nitrogens with zero attached hydrogens (tertiary/aromatic N) is 1. The molecule has 1 aliphatic heterocycles. The number of Topliss-reactive ketones (excluding diaryl/α,β-unsaturated/α-hetero) is 1. The van der Waals surface area contributed by atoms with E-state index >= 15 is 0 Å². The monoisotopic (exact) mass is 345 g/mol. The van der Waals surface area contributed by atoms with Gasteiger partial charge in [0.25, 0.3) is 0 Å². The molecule has 2 aliphatic carbocycles. The summed E-state index contributed by atoms with van der Waals surface area (Å²) in [6.07, 6.45) is 5.31. The number of rotatable bonds is 2. The molecule has 2 nitrogen and oxygen atoms in total. The molecular weight excluding hydrogens is 318 g/mol. The molecule has 2 heteroatoms. The van der Waals surface area contributed by atoms with Gasteiger partial charge in [-0.15, -0.1) is 0 Å². The van der Waals surface area contributed by atoms with Crippen molar-refractivity contribution in [1.82, 2.24) is 4.90 Å². The highest BCUT2D eigenvalue weighted by Crippen LogP contribution is 2.61. The van der Waals surface area contributed by atoms with Crippen LogP contribution in [0.3, 0.4) is 0 Å². The van der Waals surface area contributed by atoms with E-state index in [1.165, 1.54) is 44.3 Å². The zero-order chi connectivity index (χ0) is 17.9. The van der Waals surface area contributed by atoms with Crippen molar-refractivity contribution in [3.63, 3.8) is 0 Å². The highest BCUT2D eigenvalue weighted by atomic mass is 16.1. The lowest BCUT2D eigenvalue weighted by molar-refractivity contribution is 0.101. The van der Waals surface area contributed by atoms with Crippen molar-refractivity contribution in [2.24, 2.45) is 11.3 Å². The Kier molecular flexibility index (Phi) is 3.62. The van der Waals surface area contributed by atoms with Crippen LogP contribution in [-0.4, -0.2) is 30.8 Å². The van der Waals surface area contributed by atoms with Crippen LogP contribution in [0, 0.1) is 11.3 Å². The van der Waals surface area contributed by atoms with E-state index in [1.54, 1.807) is 18.1 Å². The summed E-state index contributed by atoms with van der Waals surface area (Å²) in [7, 11) is 2.30. The zero-order valence-electron chi connectivity index (χ0n) is 15.8. The molecule has 1 saturated heterocycles. The normalized spacial score (nSPS) is 29.9. The van der Waals surface area contributed by atoms with Crippen molar-refractivity contribution >= 4 is 5.78 Å². The SMILES string of the molecule is CC(=O)c1cccc(-c2ccc3c(c2)CC[C@]24CN(C)CC2CCC34)c1. The molecule has 2 fully saturated rings. The number of fused-ring (bicyclic) bond motifs is 2. The van der Waals surface area contributed by atoms with Gasteiger partial charge in [-0.2, -0.15) is 0 Å². The Bertz CT molecular complexity index is 886. The number of likely N-dealkylation sites (tertiary alicyclic amines) is 1. The Labute approximate surface area is 156 Å². The molecule has 5 rings (SSSR count). The third kappa shape index (κ3) is 2.31. The molecule has 2 aromatic rings. The molecule has 0 radical (unpaired) electrons. The van der Waals surface area contributed by atoms with Gasteiger partial charge in [0.05, 0.1) is 0 Å². The van der Waals surface area contributed by atoms with Gasteiger partial charge in [0.15, 0.2) is 5.78 Å². The minimum absolute atomic E-state index is 0.133. The van der Waals surface area contributed by atoms with Crippen molar-refractivity contribution in [2.75, 3.05) is 20.1 Å². The highest BCUT2D eigenvalue weighted by molar-refractivity contribution is 5.95. The summed E-state index contributed by atoms with van der Waals surface area (Å²) in [6, 6.07) is 15.1. The van der Waals surface area contributed by atoms with E-state index in [-0.39, 0.29) is 5.78 Å². The van der Waals surface area contributed by atoms with Crippen molar-refractivity contribution in [3.8, 4) is 11.1 Å². The lowest BCUT2D eigenvalue weighted by Crippen LogP contribution is -2.36. The molecule has 26 heavy (non-hydrogen) atoms. The minimum atomic E-state index is 0.133. The van der Waals surface area contributed by atoms with Crippen LogP contribution in [0.15, 0.2) is 42.5 Å². The Morgan fingerprint density at radius 1 is 1.12 bits per heavy atom. The molecule has 2 unspecified atom stereocenters. The van der Waals surface area contributed by atoms with E-state index in [1.807, 2.05) is 18.2 Å². The average molecular weight is 345 g/mol. The molecule has 2 aromatic carbocycles. The topological polar surface area (TPSA) is 20.3 Å². The second-order valence-electron chi connectivity index (χ2n) is 8.81. The lowest BCUT2D eigenvalue weighted by atomic mass is 9.63. The second kappa shape index (κ2) is 5.79. The Hall–Kier alpha value is -1.93. The van der Waals surface area contributed by atoms with Gasteiger partial charge in [-0.25, -0.2) is 0 Å². The zero-order valence-corrected chi connectivity index (χ0v) is 15.8. The molecule has 1 saturated carbocycles. The largest absolute Gasteiger partial charge is 0.305 e. The van der Waals surface area contributed by atoms with Crippen molar-refractivity contribution in [1.29, 1.82) is 0 Å². The fraction of sp³-hybridized carbons (Fsp3) is 0.458. The highest BCUT2D eigenvalue weighted by Gasteiger charge is 2.56. The quantitative estimate of drug-likeness (QED) is 0.720. The van der Waals surface area contributed by atoms with E-state index in [4.69, 9.17) is 0 Å². The standard InChI is InChI=1S/C24H27NO/c1-16(26)17-4-3-5-18(12-17)19-6-8-22-20(13-19)10-11-24-15-25(2)14-21(24)7-9-23(22)24/h3-6,8,12-13,21,23H,7,9-11,14-15H2,1-2H3/t21?,23?,24-/m0/s1. The predicted molar refractivity (Wildman–Crippen MR) is 106 cm³/mol. The van der Waals surface area contributed by atoms with Gasteiger partial charge < -0.3 is 4.90 Å². The summed E-state index contributed by atoms with van der Waals surface area (Å²) < 4.78 is 0. The molecule has 1 spiro atoms. The summed E-state index contributed by atoms with van der Waals surface area (Å²) in [5.74, 6) is 1.78. The van der Waals surface area contributed by atoms with Crippen LogP contribution in [0.1, 0.15) is 53.6 Å². The summed E-state index contributed by atoms with van der Waals surface area (Å²) >= 11 is 0. The Morgan fingerprint density at radius 2 is 1.96 bits per heavy atom. The van der Waals surface area contributed by atoms with Crippen LogP contribution in [-0.2, 0) is 6.42 Å². The summed E-state index contributed by atoms with van der Waals surface area (Å²) in [5.41, 5.74) is 6.90. The first-order valence-electron chi connectivity index (χ1n) is 9.99. The van der Waals surface area contributed by atoms with E-state index in [9.17, 15) is 4.79 Å². The van der Waals surface area contributed by atoms with Crippen LogP contribution >= 0.6 is 0 Å². The van der Waals surface area contributed by atoms with E-state index in [0.29, 0.717) is 5.41 Å². The van der Waals surface area contributed by atoms with Crippen LogP contribution in [0.25, 0.3) is 11.1 Å². The first-order chi connectivity index (χ1) is 12.6. The van der Waals surface area contributed by atoms with Gasteiger partial charge in [0, 0.05) is 18.7 Å². The minimum Gasteiger partial charge on any atom is -0.305 e. The van der Waals surface area contributed by atoms with Crippen LogP contribution < -0.4 is 0 Å². The maximum Gasteiger partial charge on any atom is 0.159 e. The third-order valence-electron chi connectivity index (χ3n) is 7.39. The molecule has 1 heterocycles. The van der Waals surface area contributed by atoms with Gasteiger partial charge in [0.1, 0.15) is 0 Å². The fourth-order valence-corrected chi connectivity index (χ4v) is 6.23. The number of ketones is 1. The van der Waals surface area contributed by atoms with Gasteiger partial charge in [0.2, 0.25) is 0 Å². The number of carbonyl (C=O) groups is 1. The van der Waals surface area contributed by atoms with Crippen LogP contribution in [0.2, 0.25) is 0 Å². The van der Waals surface area contributed by atoms with Crippen molar-refractivity contribution < 1.29 is 4.79 Å². The maximum absolute atomic E-state index is 11.7. The van der Waals surface area contributed by atoms with Gasteiger partial charge >= 0.3 is 0 Å². The predicted octanol–water partition coefficient (Wildman–Crippen LogP) is 4.93. The molecule has 3 aliphatic rings. The molecule has 0 bridgehead atoms. The first kappa shape index (κ1) is 16.3. The number of hydrogen-bond acceptors (Lipinski definition) is 2. The van der Waals surface area contributed by atoms with E-state index in [0.717, 1.165) is 23.0 Å². The number of hydrogen-bond donors (Lipinski definition) is 0. The summed E-state index contributed by atoms with van der Waals surface area (Å²) in [6.45, 7) is 4.21. The van der Waals surface area contributed by atoms with Crippen LogP contribution in [0.5, 0.6) is 0 Å². The Morgan fingerprint density at radius 3 is 2.81 bits per heavy atom. The third-order valence-corrected chi connectivity index (χ3v) is 7.39. The number of carbonyl (C=O) groups excluding carboxylic acids is 1. The maximum atomic E-state index is 11.7.